The number of anilines is 1. The number of carbonyl (C=O) groups excluding carboxylic acids is 2. The summed E-state index contributed by atoms with van der Waals surface area (Å²) < 4.78 is 0. The quantitative estimate of drug-likeness (QED) is 0.874. The lowest BCUT2D eigenvalue weighted by atomic mass is 9.93. The highest BCUT2D eigenvalue weighted by molar-refractivity contribution is 6.05. The van der Waals surface area contributed by atoms with Crippen LogP contribution in [0.3, 0.4) is 0 Å². The van der Waals surface area contributed by atoms with E-state index < -0.39 is 0 Å². The first-order valence-electron chi connectivity index (χ1n) is 8.09. The summed E-state index contributed by atoms with van der Waals surface area (Å²) >= 11 is 0. The van der Waals surface area contributed by atoms with Crippen LogP contribution < -0.4 is 10.6 Å². The predicted molar refractivity (Wildman–Crippen MR) is 92.4 cm³/mol. The zero-order valence-electron chi connectivity index (χ0n) is 14.5. The van der Waals surface area contributed by atoms with Crippen LogP contribution >= 0.6 is 0 Å². The molecule has 1 aliphatic rings. The zero-order chi connectivity index (χ0) is 17.2. The first-order chi connectivity index (χ1) is 10.8. The molecule has 0 atom stereocenters. The molecule has 1 fully saturated rings. The number of nitrogens with two attached hydrogens (primary N) is 1. The second-order valence-corrected chi connectivity index (χ2v) is 7.22. The molecular weight excluding hydrogens is 290 g/mol. The second kappa shape index (κ2) is 6.71. The van der Waals surface area contributed by atoms with Crippen molar-refractivity contribution in [3.8, 4) is 0 Å². The first-order valence-corrected chi connectivity index (χ1v) is 8.09. The Morgan fingerprint density at radius 3 is 2.39 bits per heavy atom. The number of para-hydroxylation sites is 1. The van der Waals surface area contributed by atoms with E-state index in [4.69, 9.17) is 5.73 Å². The molecule has 0 heterocycles. The Balaban J connectivity index is 2.22. The van der Waals surface area contributed by atoms with Gasteiger partial charge in [0.1, 0.15) is 0 Å². The maximum absolute atomic E-state index is 12.8. The molecule has 2 amide bonds. The van der Waals surface area contributed by atoms with Gasteiger partial charge in [-0.3, -0.25) is 9.59 Å². The summed E-state index contributed by atoms with van der Waals surface area (Å²) in [6.07, 6.45) is 1.90. The molecule has 126 valence electrons. The van der Waals surface area contributed by atoms with Gasteiger partial charge in [0, 0.05) is 26.6 Å². The van der Waals surface area contributed by atoms with Gasteiger partial charge in [-0.1, -0.05) is 26.0 Å². The Kier molecular flexibility index (Phi) is 5.09. The third-order valence-corrected chi connectivity index (χ3v) is 4.32. The van der Waals surface area contributed by atoms with E-state index in [1.54, 1.807) is 30.0 Å². The molecule has 1 saturated carbocycles. The molecule has 5 heteroatoms. The molecule has 0 unspecified atom stereocenters. The highest BCUT2D eigenvalue weighted by atomic mass is 16.2. The maximum Gasteiger partial charge on any atom is 0.255 e. The summed E-state index contributed by atoms with van der Waals surface area (Å²) in [5, 5.41) is 0. The van der Waals surface area contributed by atoms with Crippen molar-refractivity contribution in [2.45, 2.75) is 26.7 Å². The van der Waals surface area contributed by atoms with Crippen LogP contribution in [0.4, 0.5) is 5.69 Å². The van der Waals surface area contributed by atoms with Gasteiger partial charge in [0.25, 0.3) is 5.91 Å². The molecule has 0 radical (unpaired) electrons. The fourth-order valence-electron chi connectivity index (χ4n) is 2.65. The molecule has 0 aromatic heterocycles. The summed E-state index contributed by atoms with van der Waals surface area (Å²) in [7, 11) is 3.52. The lowest BCUT2D eigenvalue weighted by Crippen LogP contribution is -2.40. The van der Waals surface area contributed by atoms with E-state index in [1.807, 2.05) is 32.0 Å². The standard InChI is InChI=1S/C18H27N3O2/c1-18(2,11-19)12-20(3)17(23)14-7-5-6-8-15(14)21(4)16(22)13-9-10-13/h5-8,13H,9-12,19H2,1-4H3. The number of rotatable bonds is 6. The van der Waals surface area contributed by atoms with Crippen molar-refractivity contribution in [2.75, 3.05) is 32.1 Å². The van der Waals surface area contributed by atoms with Gasteiger partial charge in [0.2, 0.25) is 5.91 Å². The number of nitrogens with zero attached hydrogens (tertiary/aromatic N) is 2. The molecule has 0 saturated heterocycles. The van der Waals surface area contributed by atoms with Gasteiger partial charge >= 0.3 is 0 Å². The van der Waals surface area contributed by atoms with Crippen LogP contribution in [0.1, 0.15) is 37.0 Å². The third kappa shape index (κ3) is 4.10. The highest BCUT2D eigenvalue weighted by Gasteiger charge is 2.34. The van der Waals surface area contributed by atoms with Crippen molar-refractivity contribution < 1.29 is 9.59 Å². The van der Waals surface area contributed by atoms with E-state index >= 15 is 0 Å². The number of hydrogen-bond donors (Lipinski definition) is 1. The van der Waals surface area contributed by atoms with E-state index in [2.05, 4.69) is 0 Å². The first kappa shape index (κ1) is 17.5. The smallest absolute Gasteiger partial charge is 0.255 e. The van der Waals surface area contributed by atoms with Crippen LogP contribution in [0.5, 0.6) is 0 Å². The zero-order valence-corrected chi connectivity index (χ0v) is 14.5. The van der Waals surface area contributed by atoms with Crippen molar-refractivity contribution in [1.29, 1.82) is 0 Å². The monoisotopic (exact) mass is 317 g/mol. The molecule has 1 aromatic carbocycles. The van der Waals surface area contributed by atoms with Crippen molar-refractivity contribution in [1.82, 2.24) is 4.90 Å². The van der Waals surface area contributed by atoms with Gasteiger partial charge < -0.3 is 15.5 Å². The summed E-state index contributed by atoms with van der Waals surface area (Å²) in [6, 6.07) is 7.29. The molecule has 0 aliphatic heterocycles. The number of carbonyl (C=O) groups is 2. The maximum atomic E-state index is 12.8. The Labute approximate surface area is 138 Å². The highest BCUT2D eigenvalue weighted by Crippen LogP contribution is 2.33. The lowest BCUT2D eigenvalue weighted by molar-refractivity contribution is -0.119. The van der Waals surface area contributed by atoms with Gasteiger partial charge in [-0.05, 0) is 36.9 Å². The molecule has 0 spiro atoms. The van der Waals surface area contributed by atoms with Crippen LogP contribution in [0.2, 0.25) is 0 Å². The summed E-state index contributed by atoms with van der Waals surface area (Å²) in [5.41, 5.74) is 6.84. The fraction of sp³-hybridized carbons (Fsp3) is 0.556. The second-order valence-electron chi connectivity index (χ2n) is 7.22. The van der Waals surface area contributed by atoms with E-state index in [1.165, 1.54) is 0 Å². The largest absolute Gasteiger partial charge is 0.341 e. The summed E-state index contributed by atoms with van der Waals surface area (Å²) in [4.78, 5) is 28.4. The lowest BCUT2D eigenvalue weighted by Gasteiger charge is -2.30. The molecular formula is C18H27N3O2. The van der Waals surface area contributed by atoms with Crippen LogP contribution in [0, 0.1) is 11.3 Å². The minimum absolute atomic E-state index is 0.0856. The predicted octanol–water partition coefficient (Wildman–Crippen LogP) is 2.12. The van der Waals surface area contributed by atoms with Crippen molar-refractivity contribution in [3.63, 3.8) is 0 Å². The fourth-order valence-corrected chi connectivity index (χ4v) is 2.65. The minimum atomic E-state index is -0.144. The summed E-state index contributed by atoms with van der Waals surface area (Å²) in [6.45, 7) is 5.14. The van der Waals surface area contributed by atoms with E-state index in [9.17, 15) is 9.59 Å². The minimum Gasteiger partial charge on any atom is -0.341 e. The van der Waals surface area contributed by atoms with Gasteiger partial charge in [0.15, 0.2) is 0 Å². The Hall–Kier alpha value is -1.88. The molecule has 23 heavy (non-hydrogen) atoms. The van der Waals surface area contributed by atoms with Gasteiger partial charge in [-0.2, -0.15) is 0 Å². The van der Waals surface area contributed by atoms with Gasteiger partial charge in [0.05, 0.1) is 11.3 Å². The number of amides is 2. The molecule has 0 bridgehead atoms. The third-order valence-electron chi connectivity index (χ3n) is 4.32. The Bertz CT molecular complexity index is 594. The Morgan fingerprint density at radius 1 is 1.22 bits per heavy atom. The molecule has 2 N–H and O–H groups in total. The van der Waals surface area contributed by atoms with Crippen molar-refractivity contribution >= 4 is 17.5 Å². The van der Waals surface area contributed by atoms with Crippen LogP contribution in [-0.2, 0) is 4.79 Å². The molecule has 2 rings (SSSR count). The topological polar surface area (TPSA) is 66.6 Å². The Morgan fingerprint density at radius 2 is 1.83 bits per heavy atom. The van der Waals surface area contributed by atoms with Gasteiger partial charge in [-0.15, -0.1) is 0 Å². The van der Waals surface area contributed by atoms with E-state index in [-0.39, 0.29) is 23.1 Å². The van der Waals surface area contributed by atoms with E-state index in [0.717, 1.165) is 12.8 Å². The summed E-state index contributed by atoms with van der Waals surface area (Å²) in [5.74, 6) is 0.129. The number of hydrogen-bond acceptors (Lipinski definition) is 3. The van der Waals surface area contributed by atoms with Crippen molar-refractivity contribution in [3.05, 3.63) is 29.8 Å². The SMILES string of the molecule is CN(CC(C)(C)CN)C(=O)c1ccccc1N(C)C(=O)C1CC1. The molecule has 5 nitrogen and oxygen atoms in total. The average Bonchev–Trinajstić information content (AvgIpc) is 3.37. The van der Waals surface area contributed by atoms with Gasteiger partial charge in [-0.25, -0.2) is 0 Å². The van der Waals surface area contributed by atoms with Crippen LogP contribution in [-0.4, -0.2) is 43.9 Å². The van der Waals surface area contributed by atoms with E-state index in [0.29, 0.717) is 24.3 Å². The van der Waals surface area contributed by atoms with Crippen LogP contribution in [0.25, 0.3) is 0 Å². The molecule has 1 aliphatic carbocycles. The number of benzene rings is 1. The van der Waals surface area contributed by atoms with Crippen LogP contribution in [0.15, 0.2) is 24.3 Å². The molecule has 1 aromatic rings. The average molecular weight is 317 g/mol. The van der Waals surface area contributed by atoms with Crippen molar-refractivity contribution in [2.24, 2.45) is 17.1 Å². The normalized spacial score (nSPS) is 14.5.